The molecule has 2 N–H and O–H groups in total. The number of rotatable bonds is 3. The fourth-order valence-corrected chi connectivity index (χ4v) is 2.01. The maximum atomic E-state index is 12.2. The van der Waals surface area contributed by atoms with E-state index in [1.807, 2.05) is 26.0 Å². The van der Waals surface area contributed by atoms with Crippen LogP contribution in [0.3, 0.4) is 0 Å². The van der Waals surface area contributed by atoms with Crippen LogP contribution in [0, 0.1) is 0 Å². The molecule has 0 spiro atoms. The summed E-state index contributed by atoms with van der Waals surface area (Å²) in [6.45, 7) is 4.07. The molecular weight excluding hydrogens is 243 g/mol. The number of halogens is 3. The van der Waals surface area contributed by atoms with Crippen molar-refractivity contribution in [3.63, 3.8) is 0 Å². The van der Waals surface area contributed by atoms with Crippen LogP contribution in [0.5, 0.6) is 0 Å². The van der Waals surface area contributed by atoms with E-state index in [1.165, 1.54) is 0 Å². The Bertz CT molecular complexity index is 442. The second-order valence-corrected chi connectivity index (χ2v) is 4.96. The molecule has 100 valence electrons. The standard InChI is InChI=1S/C13H16F3NO/c1-7(2)8-3-4-9(10(17)5-8)12-11(18-12)6-13(14,15)16/h3-5,7,11-12H,6,17H2,1-2H3. The number of nitrogens with two attached hydrogens (primary N) is 1. The topological polar surface area (TPSA) is 38.5 Å². The lowest BCUT2D eigenvalue weighted by Crippen LogP contribution is -2.11. The van der Waals surface area contributed by atoms with Gasteiger partial charge in [0.25, 0.3) is 0 Å². The first-order valence-corrected chi connectivity index (χ1v) is 5.89. The van der Waals surface area contributed by atoms with Gasteiger partial charge in [-0.25, -0.2) is 0 Å². The van der Waals surface area contributed by atoms with E-state index in [-0.39, 0.29) is 0 Å². The van der Waals surface area contributed by atoms with Gasteiger partial charge in [0, 0.05) is 11.3 Å². The maximum Gasteiger partial charge on any atom is 0.391 e. The van der Waals surface area contributed by atoms with E-state index in [1.54, 1.807) is 6.07 Å². The van der Waals surface area contributed by atoms with E-state index in [0.29, 0.717) is 17.2 Å². The molecule has 2 atom stereocenters. The van der Waals surface area contributed by atoms with Crippen LogP contribution in [0.25, 0.3) is 0 Å². The number of nitrogen functional groups attached to an aromatic ring is 1. The lowest BCUT2D eigenvalue weighted by molar-refractivity contribution is -0.137. The van der Waals surface area contributed by atoms with E-state index >= 15 is 0 Å². The molecule has 1 aliphatic rings. The highest BCUT2D eigenvalue weighted by molar-refractivity contribution is 5.52. The summed E-state index contributed by atoms with van der Waals surface area (Å²) in [4.78, 5) is 0. The Morgan fingerprint density at radius 2 is 2.00 bits per heavy atom. The van der Waals surface area contributed by atoms with Crippen molar-refractivity contribution in [2.24, 2.45) is 0 Å². The number of ether oxygens (including phenoxy) is 1. The molecule has 2 rings (SSSR count). The summed E-state index contributed by atoms with van der Waals surface area (Å²) in [5, 5.41) is 0. The molecule has 1 fully saturated rings. The van der Waals surface area contributed by atoms with Gasteiger partial charge in [-0.3, -0.25) is 0 Å². The van der Waals surface area contributed by atoms with E-state index in [0.717, 1.165) is 5.56 Å². The maximum absolute atomic E-state index is 12.2. The molecule has 0 bridgehead atoms. The predicted octanol–water partition coefficient (Wildman–Crippen LogP) is 3.78. The quantitative estimate of drug-likeness (QED) is 0.662. The molecule has 1 aromatic carbocycles. The Morgan fingerprint density at radius 3 is 2.50 bits per heavy atom. The Kier molecular flexibility index (Phi) is 3.27. The van der Waals surface area contributed by atoms with Crippen molar-refractivity contribution < 1.29 is 17.9 Å². The lowest BCUT2D eigenvalue weighted by atomic mass is 9.98. The zero-order valence-electron chi connectivity index (χ0n) is 10.3. The zero-order chi connectivity index (χ0) is 13.5. The van der Waals surface area contributed by atoms with Crippen LogP contribution in [0.2, 0.25) is 0 Å². The van der Waals surface area contributed by atoms with Crippen molar-refractivity contribution >= 4 is 5.69 Å². The van der Waals surface area contributed by atoms with Crippen molar-refractivity contribution in [1.82, 2.24) is 0 Å². The van der Waals surface area contributed by atoms with Crippen molar-refractivity contribution in [3.8, 4) is 0 Å². The van der Waals surface area contributed by atoms with E-state index in [2.05, 4.69) is 0 Å². The molecule has 18 heavy (non-hydrogen) atoms. The third-order valence-electron chi connectivity index (χ3n) is 3.10. The molecule has 0 saturated carbocycles. The first kappa shape index (κ1) is 13.2. The van der Waals surface area contributed by atoms with Gasteiger partial charge in [-0.15, -0.1) is 0 Å². The normalized spacial score (nSPS) is 23.4. The number of anilines is 1. The SMILES string of the molecule is CC(C)c1ccc(C2OC2CC(F)(F)F)c(N)c1. The van der Waals surface area contributed by atoms with Crippen LogP contribution in [0.15, 0.2) is 18.2 Å². The summed E-state index contributed by atoms with van der Waals surface area (Å²) in [5.41, 5.74) is 8.11. The highest BCUT2D eigenvalue weighted by atomic mass is 19.4. The molecule has 1 aromatic rings. The molecule has 1 saturated heterocycles. The fourth-order valence-electron chi connectivity index (χ4n) is 2.01. The average Bonchev–Trinajstić information content (AvgIpc) is 2.93. The molecule has 1 aliphatic heterocycles. The molecule has 2 nitrogen and oxygen atoms in total. The van der Waals surface area contributed by atoms with Crippen LogP contribution in [0.1, 0.15) is 43.4 Å². The van der Waals surface area contributed by atoms with Gasteiger partial charge in [0.15, 0.2) is 0 Å². The summed E-state index contributed by atoms with van der Waals surface area (Å²) in [7, 11) is 0. The summed E-state index contributed by atoms with van der Waals surface area (Å²) in [5.74, 6) is 0.340. The van der Waals surface area contributed by atoms with Gasteiger partial charge in [0.05, 0.1) is 12.5 Å². The third kappa shape index (κ3) is 2.96. The van der Waals surface area contributed by atoms with Gasteiger partial charge in [-0.05, 0) is 17.5 Å². The molecule has 5 heteroatoms. The molecule has 0 aromatic heterocycles. The number of benzene rings is 1. The summed E-state index contributed by atoms with van der Waals surface area (Å²) in [6.07, 6.45) is -6.39. The molecule has 0 radical (unpaired) electrons. The first-order chi connectivity index (χ1) is 8.28. The highest BCUT2D eigenvalue weighted by Crippen LogP contribution is 2.46. The van der Waals surface area contributed by atoms with Crippen molar-refractivity contribution in [1.29, 1.82) is 0 Å². The van der Waals surface area contributed by atoms with Gasteiger partial charge in [0.2, 0.25) is 0 Å². The molecule has 1 heterocycles. The minimum Gasteiger partial charge on any atom is -0.398 e. The van der Waals surface area contributed by atoms with Gasteiger partial charge >= 0.3 is 6.18 Å². The smallest absolute Gasteiger partial charge is 0.391 e. The van der Waals surface area contributed by atoms with Crippen molar-refractivity contribution in [3.05, 3.63) is 29.3 Å². The number of hydrogen-bond acceptors (Lipinski definition) is 2. The second-order valence-electron chi connectivity index (χ2n) is 4.96. The Balaban J connectivity index is 2.08. The largest absolute Gasteiger partial charge is 0.398 e. The highest BCUT2D eigenvalue weighted by Gasteiger charge is 2.48. The monoisotopic (exact) mass is 259 g/mol. The van der Waals surface area contributed by atoms with Crippen LogP contribution in [-0.4, -0.2) is 12.3 Å². The van der Waals surface area contributed by atoms with E-state index in [9.17, 15) is 13.2 Å². The Hall–Kier alpha value is -1.23. The minimum atomic E-state index is -4.19. The summed E-state index contributed by atoms with van der Waals surface area (Å²) >= 11 is 0. The lowest BCUT2D eigenvalue weighted by Gasteiger charge is -2.09. The number of hydrogen-bond donors (Lipinski definition) is 1. The van der Waals surface area contributed by atoms with Gasteiger partial charge < -0.3 is 10.5 Å². The van der Waals surface area contributed by atoms with Crippen molar-refractivity contribution in [2.45, 2.75) is 44.6 Å². The molecule has 0 aliphatic carbocycles. The van der Waals surface area contributed by atoms with Crippen molar-refractivity contribution in [2.75, 3.05) is 5.73 Å². The average molecular weight is 259 g/mol. The van der Waals surface area contributed by atoms with Gasteiger partial charge in [-0.2, -0.15) is 13.2 Å². The third-order valence-corrected chi connectivity index (χ3v) is 3.10. The van der Waals surface area contributed by atoms with Crippen LogP contribution in [-0.2, 0) is 4.74 Å². The second kappa shape index (κ2) is 4.46. The zero-order valence-corrected chi connectivity index (χ0v) is 10.3. The van der Waals surface area contributed by atoms with E-state index in [4.69, 9.17) is 10.5 Å². The van der Waals surface area contributed by atoms with Gasteiger partial charge in [-0.1, -0.05) is 26.0 Å². The molecular formula is C13H16F3NO. The predicted molar refractivity (Wildman–Crippen MR) is 63.2 cm³/mol. The Morgan fingerprint density at radius 1 is 1.33 bits per heavy atom. The van der Waals surface area contributed by atoms with Crippen LogP contribution < -0.4 is 5.73 Å². The summed E-state index contributed by atoms with van der Waals surface area (Å²) < 4.78 is 41.6. The fraction of sp³-hybridized carbons (Fsp3) is 0.538. The Labute approximate surface area is 104 Å². The molecule has 2 unspecified atom stereocenters. The first-order valence-electron chi connectivity index (χ1n) is 5.89. The van der Waals surface area contributed by atoms with E-state index < -0.39 is 24.8 Å². The van der Waals surface area contributed by atoms with Gasteiger partial charge in [0.1, 0.15) is 6.10 Å². The summed E-state index contributed by atoms with van der Waals surface area (Å²) in [6, 6.07) is 5.47. The van der Waals surface area contributed by atoms with Crippen LogP contribution in [0.4, 0.5) is 18.9 Å². The minimum absolute atomic E-state index is 0.340. The number of alkyl halides is 3. The number of epoxide rings is 1. The molecule has 0 amide bonds. The van der Waals surface area contributed by atoms with Crippen LogP contribution >= 0.6 is 0 Å².